The first-order chi connectivity index (χ1) is 11.5. The monoisotopic (exact) mass is 366 g/mol. The van der Waals surface area contributed by atoms with E-state index in [0.717, 1.165) is 5.56 Å². The number of rotatable bonds is 0. The van der Waals surface area contributed by atoms with Gasteiger partial charge in [-0.25, -0.2) is 19.6 Å². The predicted molar refractivity (Wildman–Crippen MR) is 106 cm³/mol. The molecule has 2 atom stereocenters. The molecular formula is C24H27V-3. The summed E-state index contributed by atoms with van der Waals surface area (Å²) in [6.45, 7) is 20.5. The first-order valence-electron chi connectivity index (χ1n) is 8.14. The largest absolute Gasteiger partial charge is 0.245 e. The Kier molecular flexibility index (Phi) is 10.6. The Balaban J connectivity index is 0.000000415. The molecule has 0 spiro atoms. The minimum atomic E-state index is 0. The Morgan fingerprint density at radius 2 is 1.60 bits per heavy atom. The second-order valence-electron chi connectivity index (χ2n) is 5.90. The number of hydrogen-bond acceptors (Lipinski definition) is 0. The van der Waals surface area contributed by atoms with Crippen molar-refractivity contribution in [3.05, 3.63) is 115 Å². The average molecular weight is 366 g/mol. The fraction of sp³-hybridized carbons (Fsp3) is 0.208. The normalized spacial score (nSPS) is 16.7. The van der Waals surface area contributed by atoms with Crippen LogP contribution in [0.1, 0.15) is 47.9 Å². The van der Waals surface area contributed by atoms with Crippen LogP contribution in [0.5, 0.6) is 0 Å². The number of benzene rings is 2. The Hall–Kier alpha value is -1.98. The van der Waals surface area contributed by atoms with Crippen molar-refractivity contribution < 1.29 is 18.6 Å². The first-order valence-corrected chi connectivity index (χ1v) is 8.14. The van der Waals surface area contributed by atoms with E-state index < -0.39 is 0 Å². The summed E-state index contributed by atoms with van der Waals surface area (Å²) in [6, 6.07) is 17.5. The van der Waals surface area contributed by atoms with E-state index in [4.69, 9.17) is 0 Å². The number of allylic oxidation sites excluding steroid dienone is 2. The molecule has 2 aromatic rings. The van der Waals surface area contributed by atoms with Gasteiger partial charge in [-0.1, -0.05) is 26.0 Å². The molecule has 0 fully saturated rings. The predicted octanol–water partition coefficient (Wildman–Crippen LogP) is 6.60. The topological polar surface area (TPSA) is 0 Å². The van der Waals surface area contributed by atoms with Gasteiger partial charge in [0.05, 0.1) is 0 Å². The SMILES string of the molecule is C=C=C1C(C)c2cc[c-]cc2[C@H]1C.C=C[CH2-].[CH2-]c1ccc(C)cc1.[V]. The van der Waals surface area contributed by atoms with Crippen molar-refractivity contribution in [1.82, 2.24) is 0 Å². The molecular weight excluding hydrogens is 339 g/mol. The maximum absolute atomic E-state index is 3.76. The van der Waals surface area contributed by atoms with Gasteiger partial charge in [-0.15, -0.1) is 29.0 Å². The Morgan fingerprint density at radius 3 is 2.04 bits per heavy atom. The van der Waals surface area contributed by atoms with Crippen LogP contribution in [0.2, 0.25) is 0 Å². The van der Waals surface area contributed by atoms with E-state index in [1.54, 1.807) is 0 Å². The molecule has 3 rings (SSSR count). The molecule has 0 aromatic heterocycles. The zero-order chi connectivity index (χ0) is 18.1. The Morgan fingerprint density at radius 1 is 1.08 bits per heavy atom. The van der Waals surface area contributed by atoms with Gasteiger partial charge < -0.3 is 0 Å². The molecule has 0 amide bonds. The van der Waals surface area contributed by atoms with Crippen molar-refractivity contribution in [3.63, 3.8) is 0 Å². The van der Waals surface area contributed by atoms with Gasteiger partial charge >= 0.3 is 0 Å². The van der Waals surface area contributed by atoms with Crippen LogP contribution in [0.25, 0.3) is 0 Å². The zero-order valence-electron chi connectivity index (χ0n) is 15.5. The van der Waals surface area contributed by atoms with Crippen molar-refractivity contribution in [1.29, 1.82) is 0 Å². The molecule has 131 valence electrons. The third-order valence-corrected chi connectivity index (χ3v) is 4.12. The van der Waals surface area contributed by atoms with Crippen LogP contribution >= 0.6 is 0 Å². The smallest absolute Gasteiger partial charge is 0 e. The summed E-state index contributed by atoms with van der Waals surface area (Å²) in [5, 5.41) is 0. The summed E-state index contributed by atoms with van der Waals surface area (Å²) in [7, 11) is 0. The van der Waals surface area contributed by atoms with E-state index in [-0.39, 0.29) is 18.6 Å². The molecule has 0 saturated carbocycles. The summed E-state index contributed by atoms with van der Waals surface area (Å²) >= 11 is 0. The minimum absolute atomic E-state index is 0. The average Bonchev–Trinajstić information content (AvgIpc) is 2.83. The van der Waals surface area contributed by atoms with E-state index in [1.165, 1.54) is 28.3 Å². The van der Waals surface area contributed by atoms with Crippen molar-refractivity contribution >= 4 is 0 Å². The van der Waals surface area contributed by atoms with Crippen LogP contribution in [0.3, 0.4) is 0 Å². The van der Waals surface area contributed by atoms with Gasteiger partial charge in [0.15, 0.2) is 0 Å². The summed E-state index contributed by atoms with van der Waals surface area (Å²) in [5.41, 5.74) is 9.55. The molecule has 25 heavy (non-hydrogen) atoms. The molecule has 2 aromatic carbocycles. The molecule has 0 heterocycles. The van der Waals surface area contributed by atoms with Crippen molar-refractivity contribution in [2.75, 3.05) is 0 Å². The van der Waals surface area contributed by atoms with Crippen molar-refractivity contribution in [2.45, 2.75) is 32.6 Å². The van der Waals surface area contributed by atoms with Crippen molar-refractivity contribution in [2.24, 2.45) is 0 Å². The van der Waals surface area contributed by atoms with E-state index in [2.05, 4.69) is 83.8 Å². The second-order valence-corrected chi connectivity index (χ2v) is 5.90. The summed E-state index contributed by atoms with van der Waals surface area (Å²) < 4.78 is 0. The second kappa shape index (κ2) is 11.6. The zero-order valence-corrected chi connectivity index (χ0v) is 16.9. The maximum Gasteiger partial charge on any atom is 0 e. The van der Waals surface area contributed by atoms with Crippen LogP contribution in [0, 0.1) is 26.8 Å². The Bertz CT molecular complexity index is 651. The molecule has 0 nitrogen and oxygen atoms in total. The van der Waals surface area contributed by atoms with Gasteiger partial charge in [0, 0.05) is 18.6 Å². The molecule has 1 unspecified atom stereocenters. The molecule has 0 N–H and O–H groups in total. The van der Waals surface area contributed by atoms with E-state index in [9.17, 15) is 0 Å². The number of aryl methyl sites for hydroxylation is 1. The van der Waals surface area contributed by atoms with Crippen molar-refractivity contribution in [3.8, 4) is 0 Å². The first kappa shape index (κ1) is 23.0. The molecule has 1 radical (unpaired) electrons. The fourth-order valence-corrected chi connectivity index (χ4v) is 2.83. The van der Waals surface area contributed by atoms with Crippen LogP contribution in [0.4, 0.5) is 0 Å². The van der Waals surface area contributed by atoms with Crippen LogP contribution in [-0.2, 0) is 18.6 Å². The molecule has 0 bridgehead atoms. The van der Waals surface area contributed by atoms with E-state index >= 15 is 0 Å². The number of fused-ring (bicyclic) bond motifs is 1. The molecule has 1 heteroatoms. The van der Waals surface area contributed by atoms with E-state index in [0.29, 0.717) is 11.8 Å². The van der Waals surface area contributed by atoms with Gasteiger partial charge in [0.1, 0.15) is 0 Å². The molecule has 0 aliphatic heterocycles. The Labute approximate surface area is 166 Å². The molecule has 1 aliphatic rings. The van der Waals surface area contributed by atoms with Gasteiger partial charge in [-0.05, 0) is 24.3 Å². The van der Waals surface area contributed by atoms with Gasteiger partial charge in [0.2, 0.25) is 0 Å². The minimum Gasteiger partial charge on any atom is -0.245 e. The third-order valence-electron chi connectivity index (χ3n) is 4.12. The summed E-state index contributed by atoms with van der Waals surface area (Å²) in [6.07, 6.45) is 1.50. The van der Waals surface area contributed by atoms with Crippen LogP contribution in [-0.4, -0.2) is 0 Å². The standard InChI is InChI=1S/C13H13.C8H9.C3H5.V/c1-4-11-9(2)12-7-5-6-8-13(12)10(11)3;1-7-3-5-8(2)6-4-7;1-3-2;/h5,7-10H,1H2,2-3H3;3-6H,1H2,2H3;3H,1-2H2;/q3*-1;/t9?,10-;;;/m0.../s1. The third kappa shape index (κ3) is 6.44. The fourth-order valence-electron chi connectivity index (χ4n) is 2.83. The molecule has 0 saturated heterocycles. The maximum atomic E-state index is 3.76. The van der Waals surface area contributed by atoms with Crippen LogP contribution < -0.4 is 0 Å². The van der Waals surface area contributed by atoms with Gasteiger partial charge in [-0.2, -0.15) is 48.9 Å². The van der Waals surface area contributed by atoms with Crippen LogP contribution in [0.15, 0.2) is 73.0 Å². The van der Waals surface area contributed by atoms with Gasteiger partial charge in [-0.3, -0.25) is 0 Å². The number of hydrogen-bond donors (Lipinski definition) is 0. The quantitative estimate of drug-likeness (QED) is 0.364. The van der Waals surface area contributed by atoms with Gasteiger partial charge in [0.25, 0.3) is 0 Å². The molecule has 1 aliphatic carbocycles. The summed E-state index contributed by atoms with van der Waals surface area (Å²) in [5.74, 6) is 0.956. The van der Waals surface area contributed by atoms with E-state index in [1.807, 2.05) is 18.2 Å². The summed E-state index contributed by atoms with van der Waals surface area (Å²) in [4.78, 5) is 0.